The molecule has 9 heteroatoms. The maximum atomic E-state index is 6.03. The van der Waals surface area contributed by atoms with E-state index in [-0.39, 0.29) is 24.1 Å². The fourth-order valence-electron chi connectivity index (χ4n) is 6.58. The summed E-state index contributed by atoms with van der Waals surface area (Å²) >= 11 is 0. The Morgan fingerprint density at radius 3 is 2.60 bits per heavy atom. The highest BCUT2D eigenvalue weighted by atomic mass is 16.7. The first-order valence-corrected chi connectivity index (χ1v) is 14.3. The van der Waals surface area contributed by atoms with Gasteiger partial charge in [0.05, 0.1) is 11.9 Å². The van der Waals surface area contributed by atoms with Gasteiger partial charge in [0.1, 0.15) is 12.0 Å². The molecule has 6 rings (SSSR count). The maximum absolute atomic E-state index is 6.03. The van der Waals surface area contributed by atoms with Crippen LogP contribution in [0.3, 0.4) is 0 Å². The molecule has 212 valence electrons. The first kappa shape index (κ1) is 26.9. The summed E-state index contributed by atoms with van der Waals surface area (Å²) in [7, 11) is 1.62. The summed E-state index contributed by atoms with van der Waals surface area (Å²) in [6.45, 7) is 10.0. The van der Waals surface area contributed by atoms with Crippen LogP contribution >= 0.6 is 0 Å². The van der Waals surface area contributed by atoms with Crippen molar-refractivity contribution in [3.05, 3.63) is 48.9 Å². The van der Waals surface area contributed by atoms with Crippen molar-refractivity contribution in [2.75, 3.05) is 20.5 Å². The first-order chi connectivity index (χ1) is 19.2. The van der Waals surface area contributed by atoms with E-state index in [2.05, 4.69) is 72.2 Å². The molecule has 2 saturated heterocycles. The van der Waals surface area contributed by atoms with Crippen molar-refractivity contribution < 1.29 is 14.2 Å². The zero-order valence-electron chi connectivity index (χ0n) is 24.2. The van der Waals surface area contributed by atoms with Gasteiger partial charge in [0.2, 0.25) is 0 Å². The number of aromatic nitrogens is 5. The Morgan fingerprint density at radius 1 is 1.02 bits per heavy atom. The van der Waals surface area contributed by atoms with Crippen molar-refractivity contribution in [2.24, 2.45) is 0 Å². The van der Waals surface area contributed by atoms with E-state index in [1.54, 1.807) is 7.11 Å². The summed E-state index contributed by atoms with van der Waals surface area (Å²) in [6, 6.07) is 10.7. The van der Waals surface area contributed by atoms with Crippen LogP contribution in [0.2, 0.25) is 0 Å². The molecular weight excluding hydrogens is 504 g/mol. The molecular formula is C31H40N6O3. The van der Waals surface area contributed by atoms with Crippen LogP contribution in [0.15, 0.2) is 48.9 Å². The molecule has 9 nitrogen and oxygen atoms in total. The third kappa shape index (κ3) is 5.50. The molecule has 0 radical (unpaired) electrons. The lowest BCUT2D eigenvalue weighted by Crippen LogP contribution is -2.57. The number of methoxy groups -OCH3 is 1. The van der Waals surface area contributed by atoms with Gasteiger partial charge in [0.15, 0.2) is 12.4 Å². The maximum Gasteiger partial charge on any atom is 0.188 e. The van der Waals surface area contributed by atoms with Crippen LogP contribution in [0.4, 0.5) is 0 Å². The smallest absolute Gasteiger partial charge is 0.188 e. The first-order valence-electron chi connectivity index (χ1n) is 14.3. The monoisotopic (exact) mass is 544 g/mol. The predicted molar refractivity (Wildman–Crippen MR) is 155 cm³/mol. The molecule has 0 aliphatic carbocycles. The van der Waals surface area contributed by atoms with E-state index in [4.69, 9.17) is 19.3 Å². The van der Waals surface area contributed by atoms with Crippen LogP contribution in [-0.4, -0.2) is 56.1 Å². The van der Waals surface area contributed by atoms with Crippen molar-refractivity contribution in [3.8, 4) is 28.1 Å². The number of ether oxygens (including phenoxy) is 3. The standard InChI is InChI=1S/C31H40N6O3/c1-30(2)16-24(17-31(3,4)35-30)36-12-11-22-14-26(33-34-29(22)36)25-10-9-21(15-27(25)40-20-38-5)23-18-32-37(19-23)28-8-6-7-13-39-28/h9-12,14-15,18-19,24,28,35H,6-8,13,16-17,20H2,1-5H3. The molecule has 1 atom stereocenters. The SMILES string of the molecule is COCOc1cc(-c2cnn(C3CCCCO3)c2)ccc1-c1cc2ccn(C3CC(C)(C)NC(C)(C)C3)c2nn1. The summed E-state index contributed by atoms with van der Waals surface area (Å²) in [4.78, 5) is 0. The van der Waals surface area contributed by atoms with Crippen LogP contribution in [0, 0.1) is 0 Å². The van der Waals surface area contributed by atoms with E-state index in [0.717, 1.165) is 72.1 Å². The summed E-state index contributed by atoms with van der Waals surface area (Å²) in [6.07, 6.45) is 11.4. The lowest BCUT2D eigenvalue weighted by molar-refractivity contribution is -0.0394. The Bertz CT molecular complexity index is 1470. The van der Waals surface area contributed by atoms with Gasteiger partial charge in [-0.15, -0.1) is 10.2 Å². The molecule has 4 aromatic rings. The Kier molecular flexibility index (Phi) is 7.14. The fourth-order valence-corrected chi connectivity index (χ4v) is 6.58. The Labute approximate surface area is 235 Å². The van der Waals surface area contributed by atoms with E-state index in [1.165, 1.54) is 0 Å². The van der Waals surface area contributed by atoms with E-state index in [0.29, 0.717) is 11.8 Å². The molecule has 0 amide bonds. The Morgan fingerprint density at radius 2 is 1.85 bits per heavy atom. The van der Waals surface area contributed by atoms with Gasteiger partial charge in [-0.05, 0) is 89.6 Å². The highest BCUT2D eigenvalue weighted by Gasteiger charge is 2.38. The Hall–Kier alpha value is -3.27. The zero-order valence-corrected chi connectivity index (χ0v) is 24.2. The highest BCUT2D eigenvalue weighted by molar-refractivity contribution is 5.82. The summed E-state index contributed by atoms with van der Waals surface area (Å²) in [5, 5.41) is 18.8. The number of hydrogen-bond acceptors (Lipinski definition) is 7. The molecule has 1 N–H and O–H groups in total. The van der Waals surface area contributed by atoms with Crippen molar-refractivity contribution >= 4 is 11.0 Å². The molecule has 3 aromatic heterocycles. The van der Waals surface area contributed by atoms with Crippen LogP contribution in [0.5, 0.6) is 5.75 Å². The van der Waals surface area contributed by atoms with Crippen molar-refractivity contribution in [2.45, 2.75) is 83.1 Å². The van der Waals surface area contributed by atoms with Gasteiger partial charge in [-0.2, -0.15) is 5.10 Å². The quantitative estimate of drug-likeness (QED) is 0.280. The average Bonchev–Trinajstić information content (AvgIpc) is 3.58. The van der Waals surface area contributed by atoms with Gasteiger partial charge in [-0.1, -0.05) is 6.07 Å². The Balaban J connectivity index is 1.30. The lowest BCUT2D eigenvalue weighted by Gasteiger charge is -2.47. The van der Waals surface area contributed by atoms with Gasteiger partial charge in [-0.3, -0.25) is 0 Å². The van der Waals surface area contributed by atoms with E-state index in [9.17, 15) is 0 Å². The molecule has 2 fully saturated rings. The lowest BCUT2D eigenvalue weighted by atomic mass is 9.79. The van der Waals surface area contributed by atoms with E-state index >= 15 is 0 Å². The fraction of sp³-hybridized carbons (Fsp3) is 0.516. The molecule has 0 saturated carbocycles. The topological polar surface area (TPSA) is 88.3 Å². The minimum absolute atomic E-state index is 0.00214. The molecule has 5 heterocycles. The van der Waals surface area contributed by atoms with Gasteiger partial charge < -0.3 is 24.1 Å². The number of hydrogen-bond donors (Lipinski definition) is 1. The average molecular weight is 545 g/mol. The third-order valence-electron chi connectivity index (χ3n) is 8.00. The number of nitrogens with one attached hydrogen (secondary N) is 1. The largest absolute Gasteiger partial charge is 0.467 e. The highest BCUT2D eigenvalue weighted by Crippen LogP contribution is 2.39. The number of benzene rings is 1. The minimum atomic E-state index is 0.00214. The normalized spacial score (nSPS) is 21.1. The molecule has 40 heavy (non-hydrogen) atoms. The van der Waals surface area contributed by atoms with Gasteiger partial charge in [0, 0.05) is 59.7 Å². The van der Waals surface area contributed by atoms with Crippen LogP contribution < -0.4 is 10.1 Å². The van der Waals surface area contributed by atoms with E-state index < -0.39 is 0 Å². The predicted octanol–water partition coefficient (Wildman–Crippen LogP) is 6.13. The minimum Gasteiger partial charge on any atom is -0.467 e. The van der Waals surface area contributed by atoms with Gasteiger partial charge in [0.25, 0.3) is 0 Å². The molecule has 1 aromatic carbocycles. The second kappa shape index (κ2) is 10.6. The summed E-state index contributed by atoms with van der Waals surface area (Å²) in [5.74, 6) is 0.691. The molecule has 2 aliphatic rings. The number of rotatable bonds is 7. The van der Waals surface area contributed by atoms with Crippen molar-refractivity contribution in [3.63, 3.8) is 0 Å². The number of nitrogens with zero attached hydrogens (tertiary/aromatic N) is 5. The zero-order chi connectivity index (χ0) is 27.9. The van der Waals surface area contributed by atoms with Crippen LogP contribution in [-0.2, 0) is 9.47 Å². The summed E-state index contributed by atoms with van der Waals surface area (Å²) in [5.41, 5.74) is 4.66. The molecule has 0 spiro atoms. The van der Waals surface area contributed by atoms with Crippen molar-refractivity contribution in [1.82, 2.24) is 29.9 Å². The molecule has 2 aliphatic heterocycles. The van der Waals surface area contributed by atoms with Crippen LogP contribution in [0.1, 0.15) is 72.1 Å². The number of piperidine rings is 1. The second-order valence-corrected chi connectivity index (χ2v) is 12.5. The van der Waals surface area contributed by atoms with Gasteiger partial charge in [-0.25, -0.2) is 4.68 Å². The molecule has 0 bridgehead atoms. The van der Waals surface area contributed by atoms with Crippen LogP contribution in [0.25, 0.3) is 33.4 Å². The molecule has 1 unspecified atom stereocenters. The third-order valence-corrected chi connectivity index (χ3v) is 8.00. The second-order valence-electron chi connectivity index (χ2n) is 12.5. The van der Waals surface area contributed by atoms with E-state index in [1.807, 2.05) is 29.2 Å². The van der Waals surface area contributed by atoms with Gasteiger partial charge >= 0.3 is 0 Å². The number of fused-ring (bicyclic) bond motifs is 1. The van der Waals surface area contributed by atoms with Crippen molar-refractivity contribution in [1.29, 1.82) is 0 Å². The summed E-state index contributed by atoms with van der Waals surface area (Å²) < 4.78 is 21.4.